The minimum absolute atomic E-state index is 0.631. The maximum atomic E-state index is 5.75. The first-order valence-corrected chi connectivity index (χ1v) is 5.57. The van der Waals surface area contributed by atoms with E-state index in [1.807, 2.05) is 0 Å². The number of nitrogens with two attached hydrogens (primary N) is 1. The van der Waals surface area contributed by atoms with Gasteiger partial charge in [-0.2, -0.15) is 0 Å². The maximum absolute atomic E-state index is 5.75. The Morgan fingerprint density at radius 3 is 3.07 bits per heavy atom. The summed E-state index contributed by atoms with van der Waals surface area (Å²) < 4.78 is 5.72. The van der Waals surface area contributed by atoms with Gasteiger partial charge >= 0.3 is 0 Å². The molecule has 0 fully saturated rings. The fraction of sp³-hybridized carbons (Fsp3) is 0.385. The molecule has 3 rings (SSSR count). The van der Waals surface area contributed by atoms with E-state index in [-0.39, 0.29) is 0 Å². The Morgan fingerprint density at radius 1 is 1.27 bits per heavy atom. The van der Waals surface area contributed by atoms with E-state index in [1.54, 1.807) is 0 Å². The molecule has 1 aliphatic heterocycles. The fourth-order valence-corrected chi connectivity index (χ4v) is 2.56. The molecule has 2 N–H and O–H groups in total. The number of rotatable bonds is 1. The summed E-state index contributed by atoms with van der Waals surface area (Å²) >= 11 is 0. The molecule has 15 heavy (non-hydrogen) atoms. The van der Waals surface area contributed by atoms with Gasteiger partial charge < -0.3 is 10.5 Å². The van der Waals surface area contributed by atoms with E-state index in [0.29, 0.717) is 6.54 Å². The molecule has 0 radical (unpaired) electrons. The largest absolute Gasteiger partial charge is 0.493 e. The highest BCUT2D eigenvalue weighted by Gasteiger charge is 2.21. The molecule has 0 saturated carbocycles. The lowest BCUT2D eigenvalue weighted by molar-refractivity contribution is 0.353. The topological polar surface area (TPSA) is 35.2 Å². The van der Waals surface area contributed by atoms with Gasteiger partial charge in [0.15, 0.2) is 0 Å². The highest BCUT2D eigenvalue weighted by Crippen LogP contribution is 2.37. The normalized spacial score (nSPS) is 17.8. The van der Waals surface area contributed by atoms with Crippen molar-refractivity contribution < 1.29 is 4.74 Å². The van der Waals surface area contributed by atoms with Crippen molar-refractivity contribution in [2.45, 2.75) is 19.3 Å². The molecule has 0 spiro atoms. The maximum Gasteiger partial charge on any atom is 0.126 e. The molecular formula is C13H15NO. The molecule has 2 nitrogen and oxygen atoms in total. The Bertz CT molecular complexity index is 434. The minimum atomic E-state index is 0.631. The summed E-state index contributed by atoms with van der Waals surface area (Å²) in [7, 11) is 0. The van der Waals surface area contributed by atoms with Crippen molar-refractivity contribution in [3.05, 3.63) is 34.9 Å². The zero-order chi connectivity index (χ0) is 10.3. The second kappa shape index (κ2) is 3.38. The van der Waals surface area contributed by atoms with Crippen molar-refractivity contribution in [3.63, 3.8) is 0 Å². The van der Waals surface area contributed by atoms with Gasteiger partial charge in [-0.05, 0) is 29.5 Å². The van der Waals surface area contributed by atoms with E-state index in [2.05, 4.69) is 18.2 Å². The highest BCUT2D eigenvalue weighted by molar-refractivity contribution is 5.74. The zero-order valence-electron chi connectivity index (χ0n) is 8.75. The lowest BCUT2D eigenvalue weighted by Gasteiger charge is -2.19. The van der Waals surface area contributed by atoms with Gasteiger partial charge in [0.1, 0.15) is 5.75 Å². The molecule has 78 valence electrons. The second-order valence-electron chi connectivity index (χ2n) is 4.15. The summed E-state index contributed by atoms with van der Waals surface area (Å²) in [6.45, 7) is 1.47. The van der Waals surface area contributed by atoms with Crippen LogP contribution >= 0.6 is 0 Å². The van der Waals surface area contributed by atoms with Crippen LogP contribution in [-0.4, -0.2) is 13.2 Å². The van der Waals surface area contributed by atoms with E-state index >= 15 is 0 Å². The number of hydrogen-bond donors (Lipinski definition) is 1. The van der Waals surface area contributed by atoms with Gasteiger partial charge in [-0.25, -0.2) is 0 Å². The molecule has 1 heterocycles. The van der Waals surface area contributed by atoms with Crippen LogP contribution in [0.1, 0.15) is 23.1 Å². The summed E-state index contributed by atoms with van der Waals surface area (Å²) in [5, 5.41) is 0. The van der Waals surface area contributed by atoms with Crippen LogP contribution in [-0.2, 0) is 12.8 Å². The molecule has 0 bridgehead atoms. The van der Waals surface area contributed by atoms with Crippen molar-refractivity contribution in [2.75, 3.05) is 13.2 Å². The number of benzene rings is 1. The molecule has 2 aliphatic rings. The Balaban J connectivity index is 2.17. The lowest BCUT2D eigenvalue weighted by Crippen LogP contribution is -2.09. The Kier molecular flexibility index (Phi) is 2.03. The van der Waals surface area contributed by atoms with Gasteiger partial charge in [-0.3, -0.25) is 0 Å². The van der Waals surface area contributed by atoms with Gasteiger partial charge in [-0.1, -0.05) is 18.2 Å². The molecule has 0 unspecified atom stereocenters. The highest BCUT2D eigenvalue weighted by atomic mass is 16.5. The Labute approximate surface area is 89.7 Å². The fourth-order valence-electron chi connectivity index (χ4n) is 2.56. The Morgan fingerprint density at radius 2 is 2.20 bits per heavy atom. The molecule has 0 atom stereocenters. The first-order valence-electron chi connectivity index (χ1n) is 5.57. The van der Waals surface area contributed by atoms with E-state index in [9.17, 15) is 0 Å². The average molecular weight is 201 g/mol. The molecule has 0 amide bonds. The molecule has 0 aromatic heterocycles. The van der Waals surface area contributed by atoms with Crippen LogP contribution in [0.15, 0.2) is 18.2 Å². The standard InChI is InChI=1S/C13H15NO/c14-8-10-2-1-3-12-11(10)5-4-9-6-7-15-13(9)12/h2,4-5H,1,3,6-8,14H2. The summed E-state index contributed by atoms with van der Waals surface area (Å²) in [5.41, 5.74) is 11.1. The summed E-state index contributed by atoms with van der Waals surface area (Å²) in [5.74, 6) is 1.14. The summed E-state index contributed by atoms with van der Waals surface area (Å²) in [6.07, 6.45) is 5.51. The molecule has 1 aromatic carbocycles. The third-order valence-corrected chi connectivity index (χ3v) is 3.31. The number of allylic oxidation sites excluding steroid dienone is 1. The second-order valence-corrected chi connectivity index (χ2v) is 4.15. The van der Waals surface area contributed by atoms with Gasteiger partial charge in [0, 0.05) is 18.5 Å². The molecule has 0 saturated heterocycles. The van der Waals surface area contributed by atoms with Gasteiger partial charge in [-0.15, -0.1) is 0 Å². The van der Waals surface area contributed by atoms with Crippen molar-refractivity contribution >= 4 is 5.57 Å². The van der Waals surface area contributed by atoms with Crippen LogP contribution in [0, 0.1) is 0 Å². The van der Waals surface area contributed by atoms with Crippen LogP contribution in [0.4, 0.5) is 0 Å². The molecular weight excluding hydrogens is 186 g/mol. The van der Waals surface area contributed by atoms with Crippen molar-refractivity contribution in [1.29, 1.82) is 0 Å². The van der Waals surface area contributed by atoms with E-state index < -0.39 is 0 Å². The van der Waals surface area contributed by atoms with Crippen LogP contribution in [0.2, 0.25) is 0 Å². The van der Waals surface area contributed by atoms with Crippen molar-refractivity contribution in [3.8, 4) is 5.75 Å². The van der Waals surface area contributed by atoms with Crippen LogP contribution in [0.25, 0.3) is 5.57 Å². The van der Waals surface area contributed by atoms with Crippen molar-refractivity contribution in [1.82, 2.24) is 0 Å². The average Bonchev–Trinajstić information content (AvgIpc) is 2.76. The zero-order valence-corrected chi connectivity index (χ0v) is 8.75. The molecule has 1 aliphatic carbocycles. The van der Waals surface area contributed by atoms with E-state index in [1.165, 1.54) is 22.3 Å². The molecule has 2 heteroatoms. The van der Waals surface area contributed by atoms with Crippen LogP contribution < -0.4 is 10.5 Å². The first kappa shape index (κ1) is 8.98. The third kappa shape index (κ3) is 1.29. The summed E-state index contributed by atoms with van der Waals surface area (Å²) in [4.78, 5) is 0. The SMILES string of the molecule is NCC1=CCCc2c1ccc1c2OCC1. The van der Waals surface area contributed by atoms with Crippen LogP contribution in [0.3, 0.4) is 0 Å². The molecule has 1 aromatic rings. The van der Waals surface area contributed by atoms with Crippen molar-refractivity contribution in [2.24, 2.45) is 5.73 Å². The van der Waals surface area contributed by atoms with E-state index in [4.69, 9.17) is 10.5 Å². The number of ether oxygens (including phenoxy) is 1. The van der Waals surface area contributed by atoms with Gasteiger partial charge in [0.2, 0.25) is 0 Å². The minimum Gasteiger partial charge on any atom is -0.493 e. The smallest absolute Gasteiger partial charge is 0.126 e. The number of hydrogen-bond acceptors (Lipinski definition) is 2. The Hall–Kier alpha value is -1.28. The van der Waals surface area contributed by atoms with Crippen LogP contribution in [0.5, 0.6) is 5.75 Å². The number of fused-ring (bicyclic) bond motifs is 3. The van der Waals surface area contributed by atoms with Gasteiger partial charge in [0.25, 0.3) is 0 Å². The van der Waals surface area contributed by atoms with Gasteiger partial charge in [0.05, 0.1) is 6.61 Å². The predicted molar refractivity (Wildman–Crippen MR) is 61.0 cm³/mol. The third-order valence-electron chi connectivity index (χ3n) is 3.31. The predicted octanol–water partition coefficient (Wildman–Crippen LogP) is 1.91. The van der Waals surface area contributed by atoms with E-state index in [0.717, 1.165) is 31.6 Å². The monoisotopic (exact) mass is 201 g/mol. The summed E-state index contributed by atoms with van der Waals surface area (Å²) in [6, 6.07) is 4.40. The lowest BCUT2D eigenvalue weighted by atomic mass is 9.88. The quantitative estimate of drug-likeness (QED) is 0.753. The first-order chi connectivity index (χ1) is 7.40.